The first-order valence-corrected chi connectivity index (χ1v) is 9.31. The van der Waals surface area contributed by atoms with E-state index in [0.29, 0.717) is 10.9 Å². The molecule has 4 aromatic rings. The van der Waals surface area contributed by atoms with E-state index >= 15 is 0 Å². The van der Waals surface area contributed by atoms with Gasteiger partial charge in [-0.3, -0.25) is 4.79 Å². The zero-order chi connectivity index (χ0) is 18.5. The van der Waals surface area contributed by atoms with Crippen molar-refractivity contribution in [2.24, 2.45) is 0 Å². The van der Waals surface area contributed by atoms with E-state index in [2.05, 4.69) is 20.4 Å². The topological polar surface area (TPSA) is 84.4 Å². The molecule has 0 radical (unpaired) electrons. The summed E-state index contributed by atoms with van der Waals surface area (Å²) in [5.41, 5.74) is 4.00. The molecule has 0 saturated carbocycles. The van der Waals surface area contributed by atoms with E-state index < -0.39 is 0 Å². The molecule has 1 N–H and O–H groups in total. The van der Waals surface area contributed by atoms with Crippen LogP contribution in [0.1, 0.15) is 5.69 Å². The van der Waals surface area contributed by atoms with Gasteiger partial charge in [0.25, 0.3) is 5.56 Å². The minimum atomic E-state index is -0.222. The van der Waals surface area contributed by atoms with Crippen LogP contribution in [0.25, 0.3) is 22.5 Å². The van der Waals surface area contributed by atoms with Gasteiger partial charge in [0.2, 0.25) is 5.16 Å². The highest BCUT2D eigenvalue weighted by atomic mass is 32.2. The van der Waals surface area contributed by atoms with E-state index in [1.54, 1.807) is 6.07 Å². The molecule has 2 aromatic carbocycles. The summed E-state index contributed by atoms with van der Waals surface area (Å²) in [6.07, 6.45) is 0. The maximum atomic E-state index is 11.1. The molecule has 2 heterocycles. The Morgan fingerprint density at radius 1 is 0.778 bits per heavy atom. The summed E-state index contributed by atoms with van der Waals surface area (Å²) in [5, 5.41) is 15.7. The lowest BCUT2D eigenvalue weighted by Crippen LogP contribution is -2.07. The van der Waals surface area contributed by atoms with Crippen molar-refractivity contribution >= 4 is 11.8 Å². The number of aromatic amines is 1. The van der Waals surface area contributed by atoms with Gasteiger partial charge in [-0.1, -0.05) is 72.4 Å². The quantitative estimate of drug-likeness (QED) is 0.538. The third-order valence-corrected chi connectivity index (χ3v) is 4.72. The molecule has 0 aliphatic heterocycles. The average molecular weight is 373 g/mol. The van der Waals surface area contributed by atoms with Gasteiger partial charge in [0.05, 0.1) is 5.69 Å². The van der Waals surface area contributed by atoms with Gasteiger partial charge in [0.15, 0.2) is 0 Å². The van der Waals surface area contributed by atoms with Crippen LogP contribution in [0.5, 0.6) is 0 Å². The summed E-state index contributed by atoms with van der Waals surface area (Å²) in [7, 11) is 0. The Labute approximate surface area is 159 Å². The molecular formula is C20H15N5OS. The number of nitrogens with one attached hydrogen (secondary N) is 1. The molecule has 0 amide bonds. The number of thioether (sulfide) groups is 1. The van der Waals surface area contributed by atoms with E-state index in [1.807, 2.05) is 60.7 Å². The van der Waals surface area contributed by atoms with Crippen LogP contribution in [-0.2, 0) is 5.75 Å². The number of aromatic nitrogens is 5. The predicted octanol–water partition coefficient (Wildman–Crippen LogP) is 3.58. The Balaban J connectivity index is 1.68. The molecular weight excluding hydrogens is 358 g/mol. The van der Waals surface area contributed by atoms with Gasteiger partial charge in [-0.15, -0.1) is 10.2 Å². The number of nitrogens with zero attached hydrogens (tertiary/aromatic N) is 4. The van der Waals surface area contributed by atoms with Crippen molar-refractivity contribution in [3.8, 4) is 22.5 Å². The van der Waals surface area contributed by atoms with Crippen LogP contribution in [0, 0.1) is 0 Å². The Morgan fingerprint density at radius 3 is 2.07 bits per heavy atom. The number of hydrogen-bond acceptors (Lipinski definition) is 6. The average Bonchev–Trinajstić information content (AvgIpc) is 2.74. The second-order valence-electron chi connectivity index (χ2n) is 5.72. The van der Waals surface area contributed by atoms with E-state index in [0.717, 1.165) is 28.2 Å². The van der Waals surface area contributed by atoms with Crippen molar-refractivity contribution in [3.63, 3.8) is 0 Å². The van der Waals surface area contributed by atoms with E-state index in [9.17, 15) is 4.79 Å². The Kier molecular flexibility index (Phi) is 5.02. The molecule has 0 saturated heterocycles. The highest BCUT2D eigenvalue weighted by Gasteiger charge is 2.13. The Morgan fingerprint density at radius 2 is 1.44 bits per heavy atom. The normalized spacial score (nSPS) is 10.7. The minimum absolute atomic E-state index is 0.222. The lowest BCUT2D eigenvalue weighted by Gasteiger charge is -2.09. The largest absolute Gasteiger partial charge is 0.268 e. The predicted molar refractivity (Wildman–Crippen MR) is 105 cm³/mol. The molecule has 0 aliphatic rings. The summed E-state index contributed by atoms with van der Waals surface area (Å²) < 4.78 is 0. The zero-order valence-electron chi connectivity index (χ0n) is 14.2. The molecule has 0 atom stereocenters. The fraction of sp³-hybridized carbons (Fsp3) is 0.0500. The Bertz CT molecular complexity index is 1080. The second-order valence-corrected chi connectivity index (χ2v) is 6.67. The number of benzene rings is 2. The van der Waals surface area contributed by atoms with Crippen LogP contribution >= 0.6 is 11.8 Å². The summed E-state index contributed by atoms with van der Waals surface area (Å²) in [5.74, 6) is 0.539. The summed E-state index contributed by atoms with van der Waals surface area (Å²) in [6.45, 7) is 0. The molecule has 6 nitrogen and oxygen atoms in total. The summed E-state index contributed by atoms with van der Waals surface area (Å²) in [4.78, 5) is 15.9. The van der Waals surface area contributed by atoms with Crippen LogP contribution in [0.4, 0.5) is 0 Å². The highest BCUT2D eigenvalue weighted by molar-refractivity contribution is 7.98. The molecule has 27 heavy (non-hydrogen) atoms. The van der Waals surface area contributed by atoms with Gasteiger partial charge in [0.1, 0.15) is 11.4 Å². The van der Waals surface area contributed by atoms with Gasteiger partial charge in [0, 0.05) is 22.9 Å². The van der Waals surface area contributed by atoms with E-state index in [-0.39, 0.29) is 5.56 Å². The second kappa shape index (κ2) is 7.92. The SMILES string of the molecule is O=c1ccc(CSc2nnc(-c3ccccc3)c(-c3ccccc3)n2)n[nH]1. The van der Waals surface area contributed by atoms with Crippen LogP contribution in [0.3, 0.4) is 0 Å². The minimum Gasteiger partial charge on any atom is -0.268 e. The van der Waals surface area contributed by atoms with Crippen LogP contribution in [0.2, 0.25) is 0 Å². The van der Waals surface area contributed by atoms with Crippen molar-refractivity contribution in [2.75, 3.05) is 0 Å². The number of rotatable bonds is 5. The summed E-state index contributed by atoms with van der Waals surface area (Å²) in [6, 6.07) is 23.0. The molecule has 7 heteroatoms. The molecule has 2 aromatic heterocycles. The summed E-state index contributed by atoms with van der Waals surface area (Å²) >= 11 is 1.42. The first-order chi connectivity index (χ1) is 13.3. The molecule has 0 fully saturated rings. The molecule has 0 unspecified atom stereocenters. The lowest BCUT2D eigenvalue weighted by atomic mass is 10.0. The molecule has 4 rings (SSSR count). The molecule has 132 valence electrons. The smallest absolute Gasteiger partial charge is 0.264 e. The van der Waals surface area contributed by atoms with Gasteiger partial charge in [-0.25, -0.2) is 10.1 Å². The molecule has 0 spiro atoms. The number of H-pyrrole nitrogens is 1. The first-order valence-electron chi connectivity index (χ1n) is 8.32. The maximum Gasteiger partial charge on any atom is 0.264 e. The maximum absolute atomic E-state index is 11.1. The number of hydrogen-bond donors (Lipinski definition) is 1. The van der Waals surface area contributed by atoms with E-state index in [1.165, 1.54) is 17.8 Å². The monoisotopic (exact) mass is 373 g/mol. The van der Waals surface area contributed by atoms with Gasteiger partial charge in [-0.2, -0.15) is 5.10 Å². The molecule has 0 aliphatic carbocycles. The van der Waals surface area contributed by atoms with Gasteiger partial charge < -0.3 is 0 Å². The third-order valence-electron chi connectivity index (χ3n) is 3.85. The van der Waals surface area contributed by atoms with Crippen LogP contribution < -0.4 is 5.56 Å². The van der Waals surface area contributed by atoms with Crippen molar-refractivity contribution in [2.45, 2.75) is 10.9 Å². The van der Waals surface area contributed by atoms with Crippen molar-refractivity contribution in [1.82, 2.24) is 25.4 Å². The first kappa shape index (κ1) is 17.1. The van der Waals surface area contributed by atoms with Gasteiger partial charge >= 0.3 is 0 Å². The van der Waals surface area contributed by atoms with Gasteiger partial charge in [-0.05, 0) is 6.07 Å². The van der Waals surface area contributed by atoms with Crippen molar-refractivity contribution < 1.29 is 0 Å². The Hall–Kier alpha value is -3.32. The van der Waals surface area contributed by atoms with Crippen LogP contribution in [-0.4, -0.2) is 25.4 Å². The lowest BCUT2D eigenvalue weighted by molar-refractivity contribution is 0.848. The molecule has 0 bridgehead atoms. The van der Waals surface area contributed by atoms with Crippen molar-refractivity contribution in [1.29, 1.82) is 0 Å². The standard InChI is InChI=1S/C20H15N5OS/c26-17-12-11-16(22-23-17)13-27-20-21-18(14-7-3-1-4-8-14)19(24-25-20)15-9-5-2-6-10-15/h1-12H,13H2,(H,23,26). The van der Waals surface area contributed by atoms with E-state index in [4.69, 9.17) is 4.98 Å². The zero-order valence-corrected chi connectivity index (χ0v) is 15.1. The fourth-order valence-corrected chi connectivity index (χ4v) is 3.24. The third kappa shape index (κ3) is 4.09. The van der Waals surface area contributed by atoms with Crippen molar-refractivity contribution in [3.05, 3.63) is 88.8 Å². The van der Waals surface area contributed by atoms with Crippen LogP contribution in [0.15, 0.2) is 82.7 Å². The highest BCUT2D eigenvalue weighted by Crippen LogP contribution is 2.30. The fourth-order valence-electron chi connectivity index (χ4n) is 2.55.